The van der Waals surface area contributed by atoms with E-state index in [1.807, 2.05) is 45.0 Å². The number of aryl methyl sites for hydroxylation is 2. The van der Waals surface area contributed by atoms with Crippen molar-refractivity contribution >= 4 is 28.4 Å². The number of amides is 1. The van der Waals surface area contributed by atoms with Crippen LogP contribution < -0.4 is 5.32 Å². The quantitative estimate of drug-likeness (QED) is 0.331. The number of rotatable bonds is 4. The Morgan fingerprint density at radius 1 is 1.03 bits per heavy atom. The normalized spacial score (nSPS) is 11.0. The minimum atomic E-state index is -0.491. The summed E-state index contributed by atoms with van der Waals surface area (Å²) in [5.41, 5.74) is 6.28. The van der Waals surface area contributed by atoms with E-state index in [9.17, 15) is 14.9 Å². The van der Waals surface area contributed by atoms with E-state index < -0.39 is 10.8 Å². The molecule has 0 unspecified atom stereocenters. The molecule has 1 amide bonds. The molecule has 4 rings (SSSR count). The molecule has 7 heteroatoms. The minimum absolute atomic E-state index is 0.0877. The molecule has 0 saturated carbocycles. The third-order valence-corrected chi connectivity index (χ3v) is 5.38. The van der Waals surface area contributed by atoms with Gasteiger partial charge in [0.2, 0.25) is 5.89 Å². The molecular formula is C24H21N3O4. The van der Waals surface area contributed by atoms with Crippen LogP contribution in [-0.2, 0) is 0 Å². The first kappa shape index (κ1) is 20.3. The second kappa shape index (κ2) is 7.68. The number of carbonyl (C=O) groups is 1. The Kier molecular flexibility index (Phi) is 5.02. The van der Waals surface area contributed by atoms with Crippen molar-refractivity contribution in [3.05, 3.63) is 86.5 Å². The van der Waals surface area contributed by atoms with Crippen LogP contribution in [0.15, 0.2) is 52.9 Å². The van der Waals surface area contributed by atoms with Gasteiger partial charge in [-0.2, -0.15) is 0 Å². The second-order valence-electron chi connectivity index (χ2n) is 7.59. The SMILES string of the molecule is Cc1cc(C)c2oc(-c3cccc(NC(=O)c4cccc([N+](=O)[O-])c4C)c3C)nc2c1. The Balaban J connectivity index is 1.71. The lowest BCUT2D eigenvalue weighted by Gasteiger charge is -2.12. The van der Waals surface area contributed by atoms with Crippen LogP contribution in [0.25, 0.3) is 22.6 Å². The standard InChI is InChI=1S/C24H21N3O4/c1-13-11-14(2)22-20(12-13)26-24(31-22)18-8-5-9-19(15(18)3)25-23(28)17-7-6-10-21(16(17)4)27(29)30/h5-12H,1-4H3,(H,25,28). The molecule has 0 saturated heterocycles. The van der Waals surface area contributed by atoms with Gasteiger partial charge in [0.15, 0.2) is 5.58 Å². The predicted molar refractivity (Wildman–Crippen MR) is 119 cm³/mol. The largest absolute Gasteiger partial charge is 0.436 e. The van der Waals surface area contributed by atoms with Gasteiger partial charge in [0.1, 0.15) is 5.52 Å². The molecule has 0 aliphatic rings. The van der Waals surface area contributed by atoms with Crippen molar-refractivity contribution in [1.82, 2.24) is 4.98 Å². The van der Waals surface area contributed by atoms with Crippen molar-refractivity contribution in [2.45, 2.75) is 27.7 Å². The van der Waals surface area contributed by atoms with E-state index in [-0.39, 0.29) is 11.3 Å². The fourth-order valence-electron chi connectivity index (χ4n) is 3.75. The summed E-state index contributed by atoms with van der Waals surface area (Å²) in [7, 11) is 0. The number of nitrogens with zero attached hydrogens (tertiary/aromatic N) is 2. The Labute approximate surface area is 178 Å². The van der Waals surface area contributed by atoms with Crippen molar-refractivity contribution in [1.29, 1.82) is 0 Å². The van der Waals surface area contributed by atoms with Gasteiger partial charge in [-0.1, -0.05) is 18.2 Å². The topological polar surface area (TPSA) is 98.3 Å². The third kappa shape index (κ3) is 3.66. The van der Waals surface area contributed by atoms with E-state index in [1.165, 1.54) is 12.1 Å². The minimum Gasteiger partial charge on any atom is -0.436 e. The van der Waals surface area contributed by atoms with Gasteiger partial charge in [-0.3, -0.25) is 14.9 Å². The molecule has 31 heavy (non-hydrogen) atoms. The number of aromatic nitrogens is 1. The Bertz CT molecular complexity index is 1350. The van der Waals surface area contributed by atoms with E-state index in [0.717, 1.165) is 33.4 Å². The van der Waals surface area contributed by atoms with Crippen molar-refractivity contribution in [3.63, 3.8) is 0 Å². The fraction of sp³-hybridized carbons (Fsp3) is 0.167. The van der Waals surface area contributed by atoms with Gasteiger partial charge in [-0.05, 0) is 68.7 Å². The number of nitro benzene ring substituents is 1. The fourth-order valence-corrected chi connectivity index (χ4v) is 3.75. The van der Waals surface area contributed by atoms with E-state index in [4.69, 9.17) is 4.42 Å². The number of anilines is 1. The number of hydrogen-bond donors (Lipinski definition) is 1. The van der Waals surface area contributed by atoms with Crippen molar-refractivity contribution in [3.8, 4) is 11.5 Å². The summed E-state index contributed by atoms with van der Waals surface area (Å²) >= 11 is 0. The number of nitrogens with one attached hydrogen (secondary N) is 1. The van der Waals surface area contributed by atoms with Gasteiger partial charge in [0, 0.05) is 28.4 Å². The van der Waals surface area contributed by atoms with Crippen LogP contribution in [0.5, 0.6) is 0 Å². The zero-order valence-electron chi connectivity index (χ0n) is 17.6. The first-order chi connectivity index (χ1) is 14.8. The van der Waals surface area contributed by atoms with Crippen LogP contribution in [0.3, 0.4) is 0 Å². The molecule has 1 aromatic heterocycles. The molecule has 156 valence electrons. The zero-order valence-corrected chi connectivity index (χ0v) is 17.6. The number of benzene rings is 3. The summed E-state index contributed by atoms with van der Waals surface area (Å²) in [4.78, 5) is 28.2. The maximum atomic E-state index is 12.9. The third-order valence-electron chi connectivity index (χ3n) is 5.38. The molecule has 0 aliphatic heterocycles. The number of oxazole rings is 1. The molecule has 3 aromatic carbocycles. The van der Waals surface area contributed by atoms with E-state index in [1.54, 1.807) is 19.1 Å². The summed E-state index contributed by atoms with van der Waals surface area (Å²) in [5.74, 6) is 0.0642. The highest BCUT2D eigenvalue weighted by Crippen LogP contribution is 2.32. The van der Waals surface area contributed by atoms with Gasteiger partial charge in [0.05, 0.1) is 4.92 Å². The molecule has 0 aliphatic carbocycles. The predicted octanol–water partition coefficient (Wildman–Crippen LogP) is 5.89. The van der Waals surface area contributed by atoms with Crippen LogP contribution in [0.2, 0.25) is 0 Å². The molecule has 1 heterocycles. The van der Waals surface area contributed by atoms with Gasteiger partial charge in [-0.15, -0.1) is 0 Å². The molecule has 4 aromatic rings. The van der Waals surface area contributed by atoms with Gasteiger partial charge >= 0.3 is 0 Å². The summed E-state index contributed by atoms with van der Waals surface area (Å²) in [6.45, 7) is 7.43. The number of carbonyl (C=O) groups excluding carboxylic acids is 1. The molecule has 1 N–H and O–H groups in total. The summed E-state index contributed by atoms with van der Waals surface area (Å²) < 4.78 is 6.03. The lowest BCUT2D eigenvalue weighted by atomic mass is 10.0. The van der Waals surface area contributed by atoms with E-state index in [0.29, 0.717) is 17.1 Å². The number of hydrogen-bond acceptors (Lipinski definition) is 5. The Morgan fingerprint density at radius 2 is 1.77 bits per heavy atom. The summed E-state index contributed by atoms with van der Waals surface area (Å²) in [6, 6.07) is 14.0. The monoisotopic (exact) mass is 415 g/mol. The highest BCUT2D eigenvalue weighted by molar-refractivity contribution is 6.06. The lowest BCUT2D eigenvalue weighted by molar-refractivity contribution is -0.385. The number of fused-ring (bicyclic) bond motifs is 1. The molecule has 0 atom stereocenters. The van der Waals surface area contributed by atoms with Crippen molar-refractivity contribution in [2.24, 2.45) is 0 Å². The molecule has 7 nitrogen and oxygen atoms in total. The van der Waals surface area contributed by atoms with Crippen LogP contribution in [0, 0.1) is 37.8 Å². The van der Waals surface area contributed by atoms with Crippen LogP contribution in [-0.4, -0.2) is 15.8 Å². The Hall–Kier alpha value is -4.00. The van der Waals surface area contributed by atoms with Gasteiger partial charge in [0.25, 0.3) is 11.6 Å². The van der Waals surface area contributed by atoms with E-state index in [2.05, 4.69) is 10.3 Å². The highest BCUT2D eigenvalue weighted by Gasteiger charge is 2.20. The average molecular weight is 415 g/mol. The van der Waals surface area contributed by atoms with Crippen LogP contribution in [0.4, 0.5) is 11.4 Å². The zero-order chi connectivity index (χ0) is 22.3. The van der Waals surface area contributed by atoms with Crippen molar-refractivity contribution < 1.29 is 14.1 Å². The smallest absolute Gasteiger partial charge is 0.273 e. The van der Waals surface area contributed by atoms with Gasteiger partial charge < -0.3 is 9.73 Å². The van der Waals surface area contributed by atoms with Crippen molar-refractivity contribution in [2.75, 3.05) is 5.32 Å². The van der Waals surface area contributed by atoms with Gasteiger partial charge in [-0.25, -0.2) is 4.98 Å². The molecule has 0 spiro atoms. The van der Waals surface area contributed by atoms with Crippen LogP contribution >= 0.6 is 0 Å². The maximum Gasteiger partial charge on any atom is 0.273 e. The Morgan fingerprint density at radius 3 is 2.52 bits per heavy atom. The molecule has 0 fully saturated rings. The summed E-state index contributed by atoms with van der Waals surface area (Å²) in [5, 5.41) is 14.1. The molecule has 0 bridgehead atoms. The number of nitro groups is 1. The van der Waals surface area contributed by atoms with E-state index >= 15 is 0 Å². The first-order valence-electron chi connectivity index (χ1n) is 9.79. The average Bonchev–Trinajstić information content (AvgIpc) is 3.13. The lowest BCUT2D eigenvalue weighted by Crippen LogP contribution is -2.15. The highest BCUT2D eigenvalue weighted by atomic mass is 16.6. The molecular weight excluding hydrogens is 394 g/mol. The second-order valence-corrected chi connectivity index (χ2v) is 7.59. The summed E-state index contributed by atoms with van der Waals surface area (Å²) in [6.07, 6.45) is 0. The first-order valence-corrected chi connectivity index (χ1v) is 9.79. The maximum absolute atomic E-state index is 12.9. The van der Waals surface area contributed by atoms with Crippen LogP contribution in [0.1, 0.15) is 32.6 Å². The molecule has 0 radical (unpaired) electrons.